The van der Waals surface area contributed by atoms with Crippen LogP contribution in [-0.4, -0.2) is 44.2 Å². The first-order valence-electron chi connectivity index (χ1n) is 8.93. The van der Waals surface area contributed by atoms with Crippen molar-refractivity contribution in [2.24, 2.45) is 0 Å². The fourth-order valence-electron chi connectivity index (χ4n) is 3.30. The molecule has 1 aromatic carbocycles. The molecule has 2 heterocycles. The van der Waals surface area contributed by atoms with Crippen molar-refractivity contribution in [3.63, 3.8) is 0 Å². The number of nitrogens with zero attached hydrogens (tertiary/aromatic N) is 3. The van der Waals surface area contributed by atoms with E-state index in [1.807, 2.05) is 12.4 Å². The van der Waals surface area contributed by atoms with Crippen LogP contribution >= 0.6 is 11.6 Å². The fourth-order valence-corrected chi connectivity index (χ4v) is 3.42. The zero-order chi connectivity index (χ0) is 18.6. The quantitative estimate of drug-likeness (QED) is 0.800. The van der Waals surface area contributed by atoms with E-state index in [2.05, 4.69) is 21.4 Å². The van der Waals surface area contributed by atoms with Crippen LogP contribution in [0.1, 0.15) is 32.0 Å². The van der Waals surface area contributed by atoms with Gasteiger partial charge in [-0.05, 0) is 30.7 Å². The molecule has 3 rings (SSSR count). The minimum absolute atomic E-state index is 0.430. The lowest BCUT2D eigenvalue weighted by atomic mass is 9.91. The number of carbonyl (C=O) groups is 1. The monoisotopic (exact) mass is 377 g/mol. The molecule has 140 valence electrons. The molecule has 7 heteroatoms. The number of aryl methyl sites for hydroxylation is 1. The lowest BCUT2D eigenvalue weighted by Gasteiger charge is -2.38. The average molecular weight is 378 g/mol. The van der Waals surface area contributed by atoms with E-state index < -0.39 is 11.6 Å². The van der Waals surface area contributed by atoms with Crippen LogP contribution in [0.5, 0.6) is 5.75 Å². The first-order valence-corrected chi connectivity index (χ1v) is 9.30. The van der Waals surface area contributed by atoms with Gasteiger partial charge in [0.25, 0.3) is 0 Å². The Morgan fingerprint density at radius 2 is 2.00 bits per heavy atom. The van der Waals surface area contributed by atoms with E-state index in [1.54, 1.807) is 24.3 Å². The summed E-state index contributed by atoms with van der Waals surface area (Å²) in [6.07, 6.45) is 5.73. The molecule has 1 N–H and O–H groups in total. The summed E-state index contributed by atoms with van der Waals surface area (Å²) in [7, 11) is 0. The number of imidazole rings is 1. The highest BCUT2D eigenvalue weighted by Gasteiger charge is 2.44. The van der Waals surface area contributed by atoms with Crippen LogP contribution in [0.2, 0.25) is 5.02 Å². The molecule has 1 fully saturated rings. The summed E-state index contributed by atoms with van der Waals surface area (Å²) in [4.78, 5) is 18.6. The van der Waals surface area contributed by atoms with Gasteiger partial charge in [0.15, 0.2) is 0 Å². The van der Waals surface area contributed by atoms with Gasteiger partial charge in [-0.3, -0.25) is 4.90 Å². The Morgan fingerprint density at radius 3 is 2.62 bits per heavy atom. The predicted molar refractivity (Wildman–Crippen MR) is 99.5 cm³/mol. The van der Waals surface area contributed by atoms with Gasteiger partial charge >= 0.3 is 5.97 Å². The smallest absolute Gasteiger partial charge is 0.348 e. The molecule has 0 spiro atoms. The topological polar surface area (TPSA) is 67.6 Å². The molecule has 0 amide bonds. The second-order valence-corrected chi connectivity index (χ2v) is 7.10. The first kappa shape index (κ1) is 18.7. The van der Waals surface area contributed by atoms with E-state index in [9.17, 15) is 9.90 Å². The third-order valence-electron chi connectivity index (χ3n) is 4.81. The Kier molecular flexibility index (Phi) is 5.84. The SMILES string of the molecule is CCCn1ccnc1CN1CCC(Oc2ccc(Cl)cc2)(C(=O)O)CC1. The molecule has 0 bridgehead atoms. The highest BCUT2D eigenvalue weighted by atomic mass is 35.5. The van der Waals surface area contributed by atoms with Crippen molar-refractivity contribution in [2.45, 2.75) is 44.9 Å². The van der Waals surface area contributed by atoms with Crippen molar-refractivity contribution in [1.29, 1.82) is 0 Å². The van der Waals surface area contributed by atoms with Gasteiger partial charge in [0.2, 0.25) is 5.60 Å². The maximum absolute atomic E-state index is 11.9. The number of benzene rings is 1. The van der Waals surface area contributed by atoms with E-state index in [1.165, 1.54) is 0 Å². The van der Waals surface area contributed by atoms with Gasteiger partial charge in [-0.1, -0.05) is 18.5 Å². The van der Waals surface area contributed by atoms with E-state index in [0.717, 1.165) is 25.3 Å². The van der Waals surface area contributed by atoms with Gasteiger partial charge in [-0.25, -0.2) is 9.78 Å². The van der Waals surface area contributed by atoms with Gasteiger partial charge in [-0.15, -0.1) is 0 Å². The molecule has 0 atom stereocenters. The molecule has 1 saturated heterocycles. The minimum Gasteiger partial charge on any atom is -0.478 e. The molecule has 6 nitrogen and oxygen atoms in total. The second kappa shape index (κ2) is 8.10. The number of hydrogen-bond acceptors (Lipinski definition) is 4. The van der Waals surface area contributed by atoms with E-state index in [4.69, 9.17) is 16.3 Å². The number of ether oxygens (including phenoxy) is 1. The lowest BCUT2D eigenvalue weighted by Crippen LogP contribution is -2.53. The van der Waals surface area contributed by atoms with Gasteiger partial charge in [0, 0.05) is 49.9 Å². The van der Waals surface area contributed by atoms with Crippen LogP contribution in [0.4, 0.5) is 0 Å². The molecule has 2 aromatic rings. The normalized spacial score (nSPS) is 17.2. The number of aromatic nitrogens is 2. The van der Waals surface area contributed by atoms with Crippen LogP contribution in [-0.2, 0) is 17.9 Å². The summed E-state index contributed by atoms with van der Waals surface area (Å²) in [5.74, 6) is 0.636. The number of hydrogen-bond donors (Lipinski definition) is 1. The Morgan fingerprint density at radius 1 is 1.31 bits per heavy atom. The largest absolute Gasteiger partial charge is 0.478 e. The van der Waals surface area contributed by atoms with Crippen molar-refractivity contribution in [3.8, 4) is 5.75 Å². The fraction of sp³-hybridized carbons (Fsp3) is 0.474. The number of halogens is 1. The van der Waals surface area contributed by atoms with Crippen LogP contribution in [0.3, 0.4) is 0 Å². The van der Waals surface area contributed by atoms with Crippen molar-refractivity contribution in [2.75, 3.05) is 13.1 Å². The number of likely N-dealkylation sites (tertiary alicyclic amines) is 1. The van der Waals surface area contributed by atoms with E-state index in [0.29, 0.717) is 36.7 Å². The molecule has 0 aliphatic carbocycles. The summed E-state index contributed by atoms with van der Waals surface area (Å²) >= 11 is 5.89. The molecular weight excluding hydrogens is 354 g/mol. The predicted octanol–water partition coefficient (Wildman–Crippen LogP) is 3.44. The number of aliphatic carboxylic acids is 1. The molecule has 0 radical (unpaired) electrons. The van der Waals surface area contributed by atoms with Gasteiger partial charge in [0.05, 0.1) is 6.54 Å². The van der Waals surface area contributed by atoms with Crippen molar-refractivity contribution in [3.05, 3.63) is 47.5 Å². The summed E-state index contributed by atoms with van der Waals surface area (Å²) in [6.45, 7) is 5.11. The van der Waals surface area contributed by atoms with Gasteiger partial charge in [0.1, 0.15) is 11.6 Å². The zero-order valence-electron chi connectivity index (χ0n) is 14.9. The summed E-state index contributed by atoms with van der Waals surface area (Å²) < 4.78 is 8.06. The summed E-state index contributed by atoms with van der Waals surface area (Å²) in [5.41, 5.74) is -1.19. The van der Waals surface area contributed by atoms with Crippen molar-refractivity contribution in [1.82, 2.24) is 14.5 Å². The molecule has 1 aliphatic rings. The highest BCUT2D eigenvalue weighted by Crippen LogP contribution is 2.30. The molecule has 0 saturated carbocycles. The number of piperidine rings is 1. The number of carboxylic acids is 1. The van der Waals surface area contributed by atoms with Crippen molar-refractivity contribution < 1.29 is 14.6 Å². The third kappa shape index (κ3) is 4.19. The second-order valence-electron chi connectivity index (χ2n) is 6.67. The number of carboxylic acid groups (broad SMARTS) is 1. The summed E-state index contributed by atoms with van der Waals surface area (Å²) in [5, 5.41) is 10.4. The van der Waals surface area contributed by atoms with Crippen LogP contribution in [0.25, 0.3) is 0 Å². The minimum atomic E-state index is -1.19. The number of rotatable bonds is 7. The molecule has 26 heavy (non-hydrogen) atoms. The molecule has 1 aliphatic heterocycles. The Hall–Kier alpha value is -2.05. The van der Waals surface area contributed by atoms with E-state index in [-0.39, 0.29) is 0 Å². The maximum Gasteiger partial charge on any atom is 0.348 e. The zero-order valence-corrected chi connectivity index (χ0v) is 15.7. The molecular formula is C19H24ClN3O3. The molecule has 0 unspecified atom stereocenters. The van der Waals surface area contributed by atoms with Crippen molar-refractivity contribution >= 4 is 17.6 Å². The van der Waals surface area contributed by atoms with Crippen LogP contribution < -0.4 is 4.74 Å². The Balaban J connectivity index is 1.64. The van der Waals surface area contributed by atoms with Gasteiger partial charge < -0.3 is 14.4 Å². The van der Waals surface area contributed by atoms with Crippen LogP contribution in [0, 0.1) is 0 Å². The standard InChI is InChI=1S/C19H24ClN3O3/c1-2-10-23-13-9-21-17(23)14-22-11-7-19(8-12-22,18(24)25)26-16-5-3-15(20)4-6-16/h3-6,9,13H,2,7-8,10-12,14H2,1H3,(H,24,25). The van der Waals surface area contributed by atoms with Crippen LogP contribution in [0.15, 0.2) is 36.7 Å². The third-order valence-corrected chi connectivity index (χ3v) is 5.06. The maximum atomic E-state index is 11.9. The average Bonchev–Trinajstić information content (AvgIpc) is 3.06. The highest BCUT2D eigenvalue weighted by molar-refractivity contribution is 6.30. The Labute approximate surface area is 158 Å². The van der Waals surface area contributed by atoms with E-state index >= 15 is 0 Å². The first-order chi connectivity index (χ1) is 12.5. The van der Waals surface area contributed by atoms with Gasteiger partial charge in [-0.2, -0.15) is 0 Å². The lowest BCUT2D eigenvalue weighted by molar-refractivity contribution is -0.159. The summed E-state index contributed by atoms with van der Waals surface area (Å²) in [6, 6.07) is 6.83. The molecule has 1 aromatic heterocycles. The Bertz CT molecular complexity index is 737.